The molecule has 7 nitrogen and oxygen atoms in total. The quantitative estimate of drug-likeness (QED) is 0.547. The highest BCUT2D eigenvalue weighted by atomic mass is 35.5. The van der Waals surface area contributed by atoms with Gasteiger partial charge in [0.2, 0.25) is 0 Å². The Balaban J connectivity index is 1.70. The van der Waals surface area contributed by atoms with Gasteiger partial charge in [-0.05, 0) is 51.5 Å². The number of aryl methyl sites for hydroxylation is 2. The van der Waals surface area contributed by atoms with Crippen LogP contribution >= 0.6 is 22.9 Å². The second-order valence-corrected chi connectivity index (χ2v) is 9.55. The largest absolute Gasteiger partial charge is 0.379 e. The van der Waals surface area contributed by atoms with Gasteiger partial charge in [0.25, 0.3) is 5.91 Å². The molecule has 0 unspecified atom stereocenters. The summed E-state index contributed by atoms with van der Waals surface area (Å²) in [5.74, 6) is -0.0784. The summed E-state index contributed by atoms with van der Waals surface area (Å²) in [5.41, 5.74) is 3.20. The molecule has 31 heavy (non-hydrogen) atoms. The molecule has 9 heteroatoms. The molecule has 3 aromatic rings. The van der Waals surface area contributed by atoms with E-state index in [4.69, 9.17) is 21.3 Å². The van der Waals surface area contributed by atoms with E-state index in [2.05, 4.69) is 10.00 Å². The Hall–Kier alpha value is -2.00. The number of amides is 1. The Morgan fingerprint density at radius 3 is 2.74 bits per heavy atom. The average Bonchev–Trinajstić information content (AvgIpc) is 3.36. The Kier molecular flexibility index (Phi) is 6.62. The molecule has 0 N–H and O–H groups in total. The normalized spacial score (nSPS) is 15.2. The second-order valence-electron chi connectivity index (χ2n) is 8.14. The molecule has 3 heterocycles. The summed E-state index contributed by atoms with van der Waals surface area (Å²) in [6, 6.07) is 5.81. The number of thiazole rings is 1. The van der Waals surface area contributed by atoms with E-state index in [0.717, 1.165) is 54.3 Å². The zero-order chi connectivity index (χ0) is 22.1. The number of hydrogen-bond donors (Lipinski definition) is 0. The van der Waals surface area contributed by atoms with Gasteiger partial charge in [-0.15, -0.1) is 0 Å². The van der Waals surface area contributed by atoms with Gasteiger partial charge in [0.05, 0.1) is 29.1 Å². The van der Waals surface area contributed by atoms with Crippen molar-refractivity contribution in [1.82, 2.24) is 19.7 Å². The Morgan fingerprint density at radius 2 is 2.03 bits per heavy atom. The number of fused-ring (bicyclic) bond motifs is 1. The number of morpholine rings is 1. The van der Waals surface area contributed by atoms with Crippen molar-refractivity contribution in [1.29, 1.82) is 0 Å². The lowest BCUT2D eigenvalue weighted by molar-refractivity contribution is 0.0391. The van der Waals surface area contributed by atoms with Crippen LogP contribution in [0.15, 0.2) is 18.2 Å². The molecule has 1 aliphatic heterocycles. The zero-order valence-corrected chi connectivity index (χ0v) is 20.0. The Bertz CT molecular complexity index is 1090. The van der Waals surface area contributed by atoms with Gasteiger partial charge in [0, 0.05) is 37.2 Å². The summed E-state index contributed by atoms with van der Waals surface area (Å²) in [6.07, 6.45) is 0. The summed E-state index contributed by atoms with van der Waals surface area (Å²) in [6.45, 7) is 12.5. The molecule has 4 rings (SSSR count). The fourth-order valence-corrected chi connectivity index (χ4v) is 4.96. The first-order chi connectivity index (χ1) is 14.8. The van der Waals surface area contributed by atoms with Gasteiger partial charge in [0.15, 0.2) is 5.13 Å². The number of carbonyl (C=O) groups is 1. The van der Waals surface area contributed by atoms with E-state index in [9.17, 15) is 4.79 Å². The molecule has 1 amide bonds. The van der Waals surface area contributed by atoms with Crippen LogP contribution in [-0.2, 0) is 4.74 Å². The zero-order valence-electron chi connectivity index (χ0n) is 18.4. The number of anilines is 1. The highest BCUT2D eigenvalue weighted by Gasteiger charge is 2.27. The minimum atomic E-state index is -0.0784. The summed E-state index contributed by atoms with van der Waals surface area (Å²) < 4.78 is 8.28. The van der Waals surface area contributed by atoms with Crippen LogP contribution in [0.1, 0.15) is 41.6 Å². The first kappa shape index (κ1) is 22.2. The number of aromatic nitrogens is 3. The molecule has 0 atom stereocenters. The second kappa shape index (κ2) is 9.24. The maximum absolute atomic E-state index is 13.7. The van der Waals surface area contributed by atoms with E-state index in [-0.39, 0.29) is 11.9 Å². The standard InChI is InChI=1S/C22H28ClN5O2S/c1-14(2)28-18(13-15(3)25-28)21(29)27(8-7-26-9-11-30-12-10-26)22-24-20-16(4)17(23)5-6-19(20)31-22/h5-6,13-14H,7-12H2,1-4H3. The minimum Gasteiger partial charge on any atom is -0.379 e. The Labute approximate surface area is 191 Å². The maximum atomic E-state index is 13.7. The number of carbonyl (C=O) groups excluding carboxylic acids is 1. The number of hydrogen-bond acceptors (Lipinski definition) is 6. The summed E-state index contributed by atoms with van der Waals surface area (Å²) >= 11 is 7.83. The van der Waals surface area contributed by atoms with Crippen LogP contribution in [0.25, 0.3) is 10.2 Å². The first-order valence-corrected chi connectivity index (χ1v) is 11.8. The van der Waals surface area contributed by atoms with E-state index in [1.807, 2.05) is 45.9 Å². The fraction of sp³-hybridized carbons (Fsp3) is 0.500. The molecule has 1 fully saturated rings. The van der Waals surface area contributed by atoms with Crippen LogP contribution in [0.4, 0.5) is 5.13 Å². The molecule has 166 valence electrons. The number of ether oxygens (including phenoxy) is 1. The lowest BCUT2D eigenvalue weighted by atomic mass is 10.2. The first-order valence-electron chi connectivity index (χ1n) is 10.6. The van der Waals surface area contributed by atoms with E-state index >= 15 is 0 Å². The molecular weight excluding hydrogens is 434 g/mol. The monoisotopic (exact) mass is 461 g/mol. The molecule has 0 saturated carbocycles. The molecule has 1 aliphatic rings. The topological polar surface area (TPSA) is 63.5 Å². The number of benzene rings is 1. The third-order valence-electron chi connectivity index (χ3n) is 5.52. The van der Waals surface area contributed by atoms with Crippen LogP contribution in [0.2, 0.25) is 5.02 Å². The molecule has 0 spiro atoms. The smallest absolute Gasteiger partial charge is 0.278 e. The SMILES string of the molecule is Cc1cc(C(=O)N(CCN2CCOCC2)c2nc3c(C)c(Cl)ccc3s2)n(C(C)C)n1. The molecule has 1 saturated heterocycles. The van der Waals surface area contributed by atoms with E-state index in [1.165, 1.54) is 11.3 Å². The lowest BCUT2D eigenvalue weighted by Gasteiger charge is -2.29. The van der Waals surface area contributed by atoms with Gasteiger partial charge in [-0.1, -0.05) is 22.9 Å². The van der Waals surface area contributed by atoms with Gasteiger partial charge in [-0.3, -0.25) is 19.3 Å². The van der Waals surface area contributed by atoms with Crippen molar-refractivity contribution in [2.75, 3.05) is 44.3 Å². The van der Waals surface area contributed by atoms with E-state index in [0.29, 0.717) is 22.4 Å². The van der Waals surface area contributed by atoms with Gasteiger partial charge in [-0.25, -0.2) is 4.98 Å². The molecule has 0 radical (unpaired) electrons. The average molecular weight is 462 g/mol. The molecule has 0 bridgehead atoms. The summed E-state index contributed by atoms with van der Waals surface area (Å²) in [5, 5.41) is 5.91. The third-order valence-corrected chi connectivity index (χ3v) is 6.98. The lowest BCUT2D eigenvalue weighted by Crippen LogP contribution is -2.43. The van der Waals surface area contributed by atoms with Crippen molar-refractivity contribution in [3.05, 3.63) is 40.2 Å². The maximum Gasteiger partial charge on any atom is 0.278 e. The van der Waals surface area contributed by atoms with Crippen LogP contribution in [0.3, 0.4) is 0 Å². The fourth-order valence-electron chi connectivity index (χ4n) is 3.76. The van der Waals surface area contributed by atoms with Gasteiger partial charge >= 0.3 is 0 Å². The molecule has 0 aliphatic carbocycles. The predicted octanol–water partition coefficient (Wildman–Crippen LogP) is 4.32. The van der Waals surface area contributed by atoms with Crippen molar-refractivity contribution < 1.29 is 9.53 Å². The van der Waals surface area contributed by atoms with Crippen molar-refractivity contribution in [3.8, 4) is 0 Å². The highest BCUT2D eigenvalue weighted by molar-refractivity contribution is 7.22. The van der Waals surface area contributed by atoms with Crippen molar-refractivity contribution in [3.63, 3.8) is 0 Å². The van der Waals surface area contributed by atoms with Gasteiger partial charge in [0.1, 0.15) is 5.69 Å². The number of halogens is 1. The molecule has 1 aromatic carbocycles. The van der Waals surface area contributed by atoms with Crippen LogP contribution in [-0.4, -0.2) is 65.0 Å². The third kappa shape index (κ3) is 4.62. The number of rotatable bonds is 6. The van der Waals surface area contributed by atoms with Gasteiger partial charge in [-0.2, -0.15) is 5.10 Å². The predicted molar refractivity (Wildman–Crippen MR) is 126 cm³/mol. The Morgan fingerprint density at radius 1 is 1.29 bits per heavy atom. The van der Waals surface area contributed by atoms with Crippen molar-refractivity contribution >= 4 is 44.2 Å². The highest BCUT2D eigenvalue weighted by Crippen LogP contribution is 2.34. The van der Waals surface area contributed by atoms with Crippen LogP contribution in [0.5, 0.6) is 0 Å². The van der Waals surface area contributed by atoms with E-state index in [1.54, 1.807) is 9.58 Å². The number of nitrogens with zero attached hydrogens (tertiary/aromatic N) is 5. The summed E-state index contributed by atoms with van der Waals surface area (Å²) in [4.78, 5) is 22.7. The summed E-state index contributed by atoms with van der Waals surface area (Å²) in [7, 11) is 0. The van der Waals surface area contributed by atoms with Crippen molar-refractivity contribution in [2.45, 2.75) is 33.7 Å². The van der Waals surface area contributed by atoms with Crippen LogP contribution < -0.4 is 4.90 Å². The van der Waals surface area contributed by atoms with E-state index < -0.39 is 0 Å². The van der Waals surface area contributed by atoms with Crippen LogP contribution in [0, 0.1) is 13.8 Å². The van der Waals surface area contributed by atoms with Crippen molar-refractivity contribution in [2.24, 2.45) is 0 Å². The molecule has 2 aromatic heterocycles. The van der Waals surface area contributed by atoms with Gasteiger partial charge < -0.3 is 4.74 Å². The molecular formula is C22H28ClN5O2S. The minimum absolute atomic E-state index is 0.0784.